The number of halogens is 2. The molecule has 170 valence electrons. The molecular weight excluding hydrogens is 461 g/mol. The summed E-state index contributed by atoms with van der Waals surface area (Å²) in [6.45, 7) is 2.73. The minimum Gasteiger partial charge on any atom is -0.481 e. The van der Waals surface area contributed by atoms with Crippen LogP contribution in [0.2, 0.25) is 10.0 Å². The van der Waals surface area contributed by atoms with Crippen LogP contribution in [-0.2, 0) is 4.79 Å². The van der Waals surface area contributed by atoms with Gasteiger partial charge in [0.05, 0.1) is 21.5 Å². The number of rotatable bonds is 10. The Balaban J connectivity index is 1.66. The van der Waals surface area contributed by atoms with E-state index >= 15 is 0 Å². The molecule has 0 radical (unpaired) electrons. The van der Waals surface area contributed by atoms with Crippen LogP contribution in [0.4, 0.5) is 11.6 Å². The monoisotopic (exact) mass is 483 g/mol. The maximum atomic E-state index is 12.6. The Labute approximate surface area is 202 Å². The summed E-state index contributed by atoms with van der Waals surface area (Å²) < 4.78 is 0. The fraction of sp³-hybridized carbons (Fsp3) is 0.200. The number of Topliss-reactive ketones (excluding diaryl/α,β-unsaturated/α-hetero) is 1. The first-order valence-corrected chi connectivity index (χ1v) is 11.2. The Morgan fingerprint density at radius 3 is 2.24 bits per heavy atom. The van der Waals surface area contributed by atoms with E-state index < -0.39 is 17.7 Å². The molecule has 0 aliphatic rings. The molecule has 0 spiro atoms. The van der Waals surface area contributed by atoms with E-state index in [-0.39, 0.29) is 28.5 Å². The Bertz CT molecular complexity index is 1120. The van der Waals surface area contributed by atoms with Crippen molar-refractivity contribution in [3.63, 3.8) is 0 Å². The van der Waals surface area contributed by atoms with Gasteiger partial charge in [0.2, 0.25) is 5.95 Å². The highest BCUT2D eigenvalue weighted by Gasteiger charge is 2.23. The van der Waals surface area contributed by atoms with Crippen LogP contribution in [0.3, 0.4) is 0 Å². The van der Waals surface area contributed by atoms with Crippen LogP contribution in [0.1, 0.15) is 35.7 Å². The van der Waals surface area contributed by atoms with E-state index in [1.165, 1.54) is 0 Å². The zero-order valence-corrected chi connectivity index (χ0v) is 19.5. The second-order valence-corrected chi connectivity index (χ2v) is 8.10. The minimum atomic E-state index is -1.05. The van der Waals surface area contributed by atoms with Crippen molar-refractivity contribution in [1.82, 2.24) is 9.97 Å². The van der Waals surface area contributed by atoms with Gasteiger partial charge in [0, 0.05) is 31.0 Å². The lowest BCUT2D eigenvalue weighted by atomic mass is 9.95. The van der Waals surface area contributed by atoms with Crippen molar-refractivity contribution in [3.8, 4) is 0 Å². The average molecular weight is 484 g/mol. The van der Waals surface area contributed by atoms with Gasteiger partial charge < -0.3 is 10.0 Å². The highest BCUT2D eigenvalue weighted by Crippen LogP contribution is 2.28. The van der Waals surface area contributed by atoms with Crippen molar-refractivity contribution in [1.29, 1.82) is 0 Å². The lowest BCUT2D eigenvalue weighted by Crippen LogP contribution is -2.18. The molecule has 2 aromatic carbocycles. The summed E-state index contributed by atoms with van der Waals surface area (Å²) in [5, 5.41) is 10.0. The van der Waals surface area contributed by atoms with Crippen LogP contribution >= 0.6 is 23.2 Å². The molecule has 8 heteroatoms. The third kappa shape index (κ3) is 6.40. The third-order valence-electron chi connectivity index (χ3n) is 5.07. The Morgan fingerprint density at radius 1 is 1.03 bits per heavy atom. The van der Waals surface area contributed by atoms with E-state index in [0.29, 0.717) is 12.5 Å². The highest BCUT2D eigenvalue weighted by molar-refractivity contribution is 6.39. The molecule has 1 aromatic heterocycles. The summed E-state index contributed by atoms with van der Waals surface area (Å²) in [5.41, 5.74) is 2.02. The van der Waals surface area contributed by atoms with Gasteiger partial charge in [-0.2, -0.15) is 0 Å². The number of hydrogen-bond donors (Lipinski definition) is 1. The second-order valence-electron chi connectivity index (χ2n) is 7.28. The quantitative estimate of drug-likeness (QED) is 0.339. The number of ketones is 1. The molecule has 3 aromatic rings. The number of allylic oxidation sites excluding steroid dienone is 1. The first-order valence-electron chi connectivity index (χ1n) is 10.4. The highest BCUT2D eigenvalue weighted by atomic mass is 35.5. The Hall–Kier alpha value is -3.22. The maximum absolute atomic E-state index is 12.6. The van der Waals surface area contributed by atoms with Crippen molar-refractivity contribution < 1.29 is 14.7 Å². The van der Waals surface area contributed by atoms with Gasteiger partial charge in [0.1, 0.15) is 0 Å². The van der Waals surface area contributed by atoms with E-state index in [4.69, 9.17) is 23.2 Å². The van der Waals surface area contributed by atoms with Gasteiger partial charge in [0.25, 0.3) is 0 Å². The lowest BCUT2D eigenvalue weighted by Gasteiger charge is -2.20. The summed E-state index contributed by atoms with van der Waals surface area (Å²) in [5.74, 6) is -1.70. The standard InChI is InChI=1S/C25H23Cl2N3O3/c1-2-30(25-28-14-5-15-29-25)19-12-10-17(11-13-19)6-3-7-18(24(32)33)16-22(31)23-20(26)8-4-9-21(23)27/h3-6,8-15,18H,2,7,16H2,1H3,(H,32,33)/b6-3+. The van der Waals surface area contributed by atoms with Crippen LogP contribution in [0.15, 0.2) is 67.0 Å². The number of benzene rings is 2. The van der Waals surface area contributed by atoms with Gasteiger partial charge in [-0.3, -0.25) is 9.59 Å². The number of carboxylic acid groups (broad SMARTS) is 1. The summed E-state index contributed by atoms with van der Waals surface area (Å²) in [7, 11) is 0. The Kier molecular flexibility index (Phi) is 8.58. The predicted molar refractivity (Wildman–Crippen MR) is 131 cm³/mol. The summed E-state index contributed by atoms with van der Waals surface area (Å²) in [6, 6.07) is 14.3. The molecule has 1 atom stereocenters. The van der Waals surface area contributed by atoms with Gasteiger partial charge in [0.15, 0.2) is 5.78 Å². The van der Waals surface area contributed by atoms with E-state index in [9.17, 15) is 14.7 Å². The van der Waals surface area contributed by atoms with Crippen LogP contribution in [-0.4, -0.2) is 33.4 Å². The number of carbonyl (C=O) groups excluding carboxylic acids is 1. The molecule has 0 aliphatic carbocycles. The molecule has 6 nitrogen and oxygen atoms in total. The molecule has 1 N–H and O–H groups in total. The number of carboxylic acids is 1. The van der Waals surface area contributed by atoms with Crippen molar-refractivity contribution in [3.05, 3.63) is 88.2 Å². The lowest BCUT2D eigenvalue weighted by molar-refractivity contribution is -0.141. The summed E-state index contributed by atoms with van der Waals surface area (Å²) >= 11 is 12.2. The SMILES string of the molecule is CCN(c1ccc(/C=C/CC(CC(=O)c2c(Cl)cccc2Cl)C(=O)O)cc1)c1ncccn1. The Morgan fingerprint density at radius 2 is 1.67 bits per heavy atom. The fourth-order valence-corrected chi connectivity index (χ4v) is 3.97. The van der Waals surface area contributed by atoms with E-state index in [0.717, 1.165) is 11.3 Å². The van der Waals surface area contributed by atoms with Gasteiger partial charge >= 0.3 is 5.97 Å². The number of nitrogens with zero attached hydrogens (tertiary/aromatic N) is 3. The maximum Gasteiger partial charge on any atom is 0.307 e. The molecule has 0 fully saturated rings. The first-order chi connectivity index (χ1) is 15.9. The first kappa shape index (κ1) is 24.4. The normalized spacial score (nSPS) is 12.0. The van der Waals surface area contributed by atoms with Gasteiger partial charge in [-0.05, 0) is 49.2 Å². The van der Waals surface area contributed by atoms with Crippen molar-refractivity contribution >= 4 is 52.7 Å². The zero-order chi connectivity index (χ0) is 23.8. The van der Waals surface area contributed by atoms with Crippen LogP contribution < -0.4 is 4.90 Å². The topological polar surface area (TPSA) is 83.4 Å². The summed E-state index contributed by atoms with van der Waals surface area (Å²) in [4.78, 5) is 34.9. The van der Waals surface area contributed by atoms with Crippen molar-refractivity contribution in [2.75, 3.05) is 11.4 Å². The minimum absolute atomic E-state index is 0.162. The molecule has 0 aliphatic heterocycles. The molecule has 33 heavy (non-hydrogen) atoms. The number of aliphatic carboxylic acids is 1. The van der Waals surface area contributed by atoms with Crippen molar-refractivity contribution in [2.24, 2.45) is 5.92 Å². The molecule has 3 rings (SSSR count). The zero-order valence-electron chi connectivity index (χ0n) is 18.0. The van der Waals surface area contributed by atoms with Gasteiger partial charge in [-0.15, -0.1) is 0 Å². The second kappa shape index (κ2) is 11.6. The molecule has 0 saturated heterocycles. The van der Waals surface area contributed by atoms with Gasteiger partial charge in [-0.1, -0.05) is 53.6 Å². The molecule has 1 unspecified atom stereocenters. The third-order valence-corrected chi connectivity index (χ3v) is 5.70. The largest absolute Gasteiger partial charge is 0.481 e. The smallest absolute Gasteiger partial charge is 0.307 e. The van der Waals surface area contributed by atoms with E-state index in [1.807, 2.05) is 42.2 Å². The van der Waals surface area contributed by atoms with E-state index in [1.54, 1.807) is 42.7 Å². The summed E-state index contributed by atoms with van der Waals surface area (Å²) in [6.07, 6.45) is 7.00. The fourth-order valence-electron chi connectivity index (χ4n) is 3.37. The molecule has 0 saturated carbocycles. The van der Waals surface area contributed by atoms with Crippen LogP contribution in [0, 0.1) is 5.92 Å². The van der Waals surface area contributed by atoms with E-state index in [2.05, 4.69) is 9.97 Å². The average Bonchev–Trinajstić information content (AvgIpc) is 2.80. The molecular formula is C25H23Cl2N3O3. The number of aromatic nitrogens is 2. The number of carbonyl (C=O) groups is 2. The van der Waals surface area contributed by atoms with Crippen LogP contribution in [0.25, 0.3) is 6.08 Å². The molecule has 1 heterocycles. The molecule has 0 bridgehead atoms. The number of anilines is 2. The van der Waals surface area contributed by atoms with Gasteiger partial charge in [-0.25, -0.2) is 9.97 Å². The van der Waals surface area contributed by atoms with Crippen LogP contribution in [0.5, 0.6) is 0 Å². The number of hydrogen-bond acceptors (Lipinski definition) is 5. The van der Waals surface area contributed by atoms with Crippen molar-refractivity contribution in [2.45, 2.75) is 19.8 Å². The molecule has 0 amide bonds. The predicted octanol–water partition coefficient (Wildman–Crippen LogP) is 6.32.